The first kappa shape index (κ1) is 8.45. The Balaban J connectivity index is 2.47. The van der Waals surface area contributed by atoms with Crippen LogP contribution in [0, 0.1) is 0 Å². The minimum absolute atomic E-state index is 0.532. The van der Waals surface area contributed by atoms with Crippen LogP contribution in [0.4, 0.5) is 5.82 Å². The molecule has 0 atom stereocenters. The Bertz CT molecular complexity index is 399. The quantitative estimate of drug-likeness (QED) is 0.581. The molecular weight excluding hydrogens is 194 g/mol. The zero-order valence-electron chi connectivity index (χ0n) is 6.98. The molecule has 2 N–H and O–H groups in total. The Morgan fingerprint density at radius 3 is 2.85 bits per heavy atom. The number of nitrogens with zero attached hydrogens (tertiary/aromatic N) is 3. The largest absolute Gasteiger partial charge is 0.354 e. The molecule has 0 spiro atoms. The second kappa shape index (κ2) is 2.67. The van der Waals surface area contributed by atoms with Gasteiger partial charge in [-0.05, 0) is 0 Å². The lowest BCUT2D eigenvalue weighted by Crippen LogP contribution is -2.27. The van der Waals surface area contributed by atoms with Crippen LogP contribution in [0.25, 0.3) is 0 Å². The van der Waals surface area contributed by atoms with Crippen LogP contribution in [0.3, 0.4) is 0 Å². The van der Waals surface area contributed by atoms with E-state index in [0.29, 0.717) is 24.7 Å². The molecule has 1 aliphatic rings. The van der Waals surface area contributed by atoms with E-state index in [-0.39, 0.29) is 0 Å². The predicted molar refractivity (Wildman–Crippen MR) is 45.6 cm³/mol. The Hall–Kier alpha value is -1.15. The molecule has 0 saturated carbocycles. The summed E-state index contributed by atoms with van der Waals surface area (Å²) in [5.41, 5.74) is 0.622. The van der Waals surface area contributed by atoms with Gasteiger partial charge in [0.25, 0.3) is 10.0 Å². The lowest BCUT2D eigenvalue weighted by molar-refractivity contribution is 0.574. The Morgan fingerprint density at radius 2 is 2.23 bits per heavy atom. The van der Waals surface area contributed by atoms with Gasteiger partial charge in [-0.15, -0.1) is 10.2 Å². The molecule has 0 aliphatic carbocycles. The summed E-state index contributed by atoms with van der Waals surface area (Å²) in [5, 5.41) is 13.5. The highest BCUT2D eigenvalue weighted by Gasteiger charge is 2.18. The van der Waals surface area contributed by atoms with Crippen molar-refractivity contribution >= 4 is 15.8 Å². The molecule has 0 bridgehead atoms. The highest BCUT2D eigenvalue weighted by Crippen LogP contribution is 2.12. The minimum Gasteiger partial charge on any atom is -0.354 e. The zero-order valence-corrected chi connectivity index (χ0v) is 7.80. The van der Waals surface area contributed by atoms with Crippen LogP contribution in [0.5, 0.6) is 0 Å². The second-order valence-electron chi connectivity index (χ2n) is 2.76. The molecule has 8 heteroatoms. The Morgan fingerprint density at radius 1 is 1.46 bits per heavy atom. The summed E-state index contributed by atoms with van der Waals surface area (Å²) in [4.78, 5) is 0. The maximum absolute atomic E-state index is 11.0. The summed E-state index contributed by atoms with van der Waals surface area (Å²) in [6, 6.07) is 0. The number of fused-ring (bicyclic) bond motifs is 1. The molecule has 1 aromatic heterocycles. The molecule has 0 amide bonds. The van der Waals surface area contributed by atoms with Crippen LogP contribution in [-0.4, -0.2) is 35.7 Å². The first-order valence-corrected chi connectivity index (χ1v) is 5.53. The van der Waals surface area contributed by atoms with E-state index in [1.54, 1.807) is 0 Å². The number of hydrogen-bond acceptors (Lipinski definition) is 6. The topological polar surface area (TPSA) is 88.9 Å². The number of hydrogen-bond donors (Lipinski definition) is 2. The molecular formula is C5H9N5O2S. The fourth-order valence-corrected chi connectivity index (χ4v) is 1.52. The van der Waals surface area contributed by atoms with Crippen LogP contribution < -0.4 is 10.6 Å². The van der Waals surface area contributed by atoms with Gasteiger partial charge in [0.1, 0.15) is 5.69 Å². The molecule has 2 heterocycles. The molecule has 1 aromatic rings. The van der Waals surface area contributed by atoms with Gasteiger partial charge in [0.15, 0.2) is 5.82 Å². The van der Waals surface area contributed by atoms with Gasteiger partial charge in [0.05, 0.1) is 12.9 Å². The number of nitrogens with one attached hydrogen (secondary N) is 2. The average Bonchev–Trinajstić information content (AvgIpc) is 2.45. The Kier molecular flexibility index (Phi) is 1.74. The maximum atomic E-state index is 11.0. The van der Waals surface area contributed by atoms with Crippen molar-refractivity contribution in [1.29, 1.82) is 0 Å². The van der Waals surface area contributed by atoms with E-state index in [4.69, 9.17) is 0 Å². The third-order valence-electron chi connectivity index (χ3n) is 1.64. The lowest BCUT2D eigenvalue weighted by Gasteiger charge is -2.10. The summed E-state index contributed by atoms with van der Waals surface area (Å²) in [5.74, 6) is 0.532. The van der Waals surface area contributed by atoms with Crippen molar-refractivity contribution in [2.75, 3.05) is 18.2 Å². The fraction of sp³-hybridized carbons (Fsp3) is 0.600. The molecule has 1 aliphatic heterocycles. The van der Waals surface area contributed by atoms with Gasteiger partial charge in [0.2, 0.25) is 0 Å². The van der Waals surface area contributed by atoms with Gasteiger partial charge in [0, 0.05) is 6.54 Å². The second-order valence-corrected chi connectivity index (χ2v) is 4.55. The van der Waals surface area contributed by atoms with E-state index < -0.39 is 10.0 Å². The Labute approximate surface area is 75.2 Å². The van der Waals surface area contributed by atoms with Gasteiger partial charge in [-0.3, -0.25) is 5.32 Å². The van der Waals surface area contributed by atoms with Crippen LogP contribution >= 0.6 is 0 Å². The summed E-state index contributed by atoms with van der Waals surface area (Å²) in [6.45, 7) is 1.12. The third kappa shape index (κ3) is 1.49. The minimum atomic E-state index is -3.37. The summed E-state index contributed by atoms with van der Waals surface area (Å²) >= 11 is 0. The monoisotopic (exact) mass is 203 g/mol. The summed E-state index contributed by atoms with van der Waals surface area (Å²) in [7, 11) is -3.37. The average molecular weight is 203 g/mol. The lowest BCUT2D eigenvalue weighted by atomic mass is 10.4. The summed E-state index contributed by atoms with van der Waals surface area (Å²) in [6.07, 6.45) is 1.06. The van der Waals surface area contributed by atoms with E-state index in [9.17, 15) is 8.42 Å². The SMILES string of the molecule is CS(=O)(=O)n1nc2c(n1)NCNC2. The number of anilines is 1. The first-order chi connectivity index (χ1) is 6.07. The smallest absolute Gasteiger partial charge is 0.267 e. The fourth-order valence-electron chi connectivity index (χ4n) is 1.05. The normalized spacial score (nSPS) is 16.4. The molecule has 0 aromatic carbocycles. The number of aromatic nitrogens is 3. The predicted octanol–water partition coefficient (Wildman–Crippen LogP) is -1.44. The van der Waals surface area contributed by atoms with Gasteiger partial charge >= 0.3 is 0 Å². The molecule has 0 radical (unpaired) electrons. The van der Waals surface area contributed by atoms with E-state index in [0.717, 1.165) is 10.5 Å². The first-order valence-electron chi connectivity index (χ1n) is 3.69. The van der Waals surface area contributed by atoms with E-state index >= 15 is 0 Å². The van der Waals surface area contributed by atoms with Gasteiger partial charge in [-0.1, -0.05) is 4.20 Å². The molecule has 7 nitrogen and oxygen atoms in total. The van der Waals surface area contributed by atoms with Crippen molar-refractivity contribution in [3.8, 4) is 0 Å². The van der Waals surface area contributed by atoms with Crippen molar-refractivity contribution in [3.05, 3.63) is 5.69 Å². The molecule has 0 saturated heterocycles. The van der Waals surface area contributed by atoms with Gasteiger partial charge in [-0.2, -0.15) is 0 Å². The zero-order chi connectivity index (χ0) is 9.47. The van der Waals surface area contributed by atoms with Gasteiger partial charge < -0.3 is 5.32 Å². The van der Waals surface area contributed by atoms with Crippen molar-refractivity contribution in [1.82, 2.24) is 19.7 Å². The van der Waals surface area contributed by atoms with E-state index in [1.165, 1.54) is 0 Å². The highest BCUT2D eigenvalue weighted by molar-refractivity contribution is 7.88. The van der Waals surface area contributed by atoms with Crippen LogP contribution in [0.2, 0.25) is 0 Å². The third-order valence-corrected chi connectivity index (χ3v) is 2.39. The van der Waals surface area contributed by atoms with Crippen molar-refractivity contribution < 1.29 is 8.42 Å². The molecule has 0 fully saturated rings. The van der Waals surface area contributed by atoms with E-state index in [1.807, 2.05) is 0 Å². The van der Waals surface area contributed by atoms with Crippen molar-refractivity contribution in [2.45, 2.75) is 6.54 Å². The van der Waals surface area contributed by atoms with Crippen LogP contribution in [-0.2, 0) is 16.6 Å². The molecule has 72 valence electrons. The molecule has 2 rings (SSSR count). The van der Waals surface area contributed by atoms with Crippen molar-refractivity contribution in [2.24, 2.45) is 0 Å². The summed E-state index contributed by atoms with van der Waals surface area (Å²) < 4.78 is 22.8. The molecule has 0 unspecified atom stereocenters. The van der Waals surface area contributed by atoms with Crippen LogP contribution in [0.1, 0.15) is 5.69 Å². The standard InChI is InChI=1S/C5H9N5O2S/c1-13(11,12)10-8-4-2-6-3-7-5(4)9-10/h6H,2-3H2,1H3,(H,7,9). The van der Waals surface area contributed by atoms with Gasteiger partial charge in [-0.25, -0.2) is 8.42 Å². The highest BCUT2D eigenvalue weighted by atomic mass is 32.2. The van der Waals surface area contributed by atoms with Crippen molar-refractivity contribution in [3.63, 3.8) is 0 Å². The van der Waals surface area contributed by atoms with E-state index in [2.05, 4.69) is 20.8 Å². The molecule has 13 heavy (non-hydrogen) atoms. The number of rotatable bonds is 1. The van der Waals surface area contributed by atoms with Crippen LogP contribution in [0.15, 0.2) is 0 Å². The maximum Gasteiger partial charge on any atom is 0.267 e.